The number of carboxylic acid groups (broad SMARTS) is 1. The smallest absolute Gasteiger partial charge is 0.375 e. The largest absolute Gasteiger partial charge is 0.477 e. The third-order valence-corrected chi connectivity index (χ3v) is 2.18. The van der Waals surface area contributed by atoms with Crippen molar-refractivity contribution in [3.63, 3.8) is 0 Å². The van der Waals surface area contributed by atoms with Crippen LogP contribution in [0.4, 0.5) is 13.2 Å². The van der Waals surface area contributed by atoms with Gasteiger partial charge in [0.05, 0.1) is 6.54 Å². The summed E-state index contributed by atoms with van der Waals surface area (Å²) in [6.45, 7) is -0.658. The lowest BCUT2D eigenvalue weighted by atomic mass is 10.1. The van der Waals surface area contributed by atoms with Crippen LogP contribution in [-0.4, -0.2) is 47.7 Å². The van der Waals surface area contributed by atoms with Gasteiger partial charge in [-0.3, -0.25) is 4.90 Å². The van der Waals surface area contributed by atoms with Crippen LogP contribution in [0.3, 0.4) is 0 Å². The molecule has 1 aliphatic heterocycles. The monoisotopic (exact) mass is 211 g/mol. The second kappa shape index (κ2) is 4.16. The van der Waals surface area contributed by atoms with Crippen molar-refractivity contribution in [1.29, 1.82) is 0 Å². The molecule has 1 fully saturated rings. The molecule has 82 valence electrons. The van der Waals surface area contributed by atoms with E-state index in [2.05, 4.69) is 0 Å². The van der Waals surface area contributed by atoms with E-state index in [4.69, 9.17) is 5.11 Å². The number of aliphatic carboxylic acids is 1. The third kappa shape index (κ3) is 2.87. The highest BCUT2D eigenvalue weighted by molar-refractivity contribution is 5.75. The molecule has 0 aliphatic carbocycles. The normalized spacial score (nSPS) is 24.9. The Morgan fingerprint density at radius 2 is 2.21 bits per heavy atom. The average Bonchev–Trinajstić information content (AvgIpc) is 2.02. The molecule has 0 aromatic rings. The van der Waals surface area contributed by atoms with Gasteiger partial charge in [0.15, 0.2) is 0 Å². The van der Waals surface area contributed by atoms with E-state index < -0.39 is 24.6 Å². The number of piperidine rings is 1. The molecular weight excluding hydrogens is 199 g/mol. The van der Waals surface area contributed by atoms with Crippen LogP contribution in [0.15, 0.2) is 0 Å². The Balaban J connectivity index is 2.47. The van der Waals surface area contributed by atoms with E-state index >= 15 is 0 Å². The second-order valence-corrected chi connectivity index (χ2v) is 3.48. The zero-order valence-corrected chi connectivity index (χ0v) is 7.55. The van der Waals surface area contributed by atoms with Gasteiger partial charge in [0.2, 0.25) is 0 Å². The van der Waals surface area contributed by atoms with Crippen molar-refractivity contribution in [1.82, 2.24) is 4.90 Å². The summed E-state index contributed by atoms with van der Waals surface area (Å²) in [5.74, 6) is -5.93. The summed E-state index contributed by atoms with van der Waals surface area (Å²) in [7, 11) is 0. The molecule has 0 aromatic carbocycles. The van der Waals surface area contributed by atoms with E-state index in [1.165, 1.54) is 0 Å². The van der Waals surface area contributed by atoms with Gasteiger partial charge in [-0.25, -0.2) is 9.18 Å². The van der Waals surface area contributed by atoms with Gasteiger partial charge in [0.25, 0.3) is 0 Å². The van der Waals surface area contributed by atoms with Gasteiger partial charge in [-0.2, -0.15) is 8.78 Å². The van der Waals surface area contributed by atoms with E-state index in [-0.39, 0.29) is 6.54 Å². The summed E-state index contributed by atoms with van der Waals surface area (Å²) >= 11 is 0. The molecular formula is C8H12F3NO2. The Kier molecular flexibility index (Phi) is 3.36. The molecule has 1 rings (SSSR count). The van der Waals surface area contributed by atoms with Gasteiger partial charge in [0, 0.05) is 6.54 Å². The number of hydrogen-bond donors (Lipinski definition) is 1. The number of carbonyl (C=O) groups is 1. The van der Waals surface area contributed by atoms with Crippen LogP contribution >= 0.6 is 0 Å². The number of rotatable bonds is 3. The maximum Gasteiger partial charge on any atom is 0.375 e. The number of carboxylic acids is 1. The lowest BCUT2D eigenvalue weighted by Gasteiger charge is -2.30. The predicted molar refractivity (Wildman–Crippen MR) is 43.2 cm³/mol. The SMILES string of the molecule is O=C(O)C(F)(F)CN1CCCC(F)C1. The highest BCUT2D eigenvalue weighted by atomic mass is 19.3. The van der Waals surface area contributed by atoms with Crippen molar-refractivity contribution in [2.75, 3.05) is 19.6 Å². The lowest BCUT2D eigenvalue weighted by molar-refractivity contribution is -0.168. The van der Waals surface area contributed by atoms with Crippen LogP contribution in [0.1, 0.15) is 12.8 Å². The molecule has 3 nitrogen and oxygen atoms in total. The van der Waals surface area contributed by atoms with Crippen LogP contribution in [0.5, 0.6) is 0 Å². The van der Waals surface area contributed by atoms with E-state index in [0.717, 1.165) is 4.90 Å². The first-order chi connectivity index (χ1) is 6.42. The summed E-state index contributed by atoms with van der Waals surface area (Å²) in [5.41, 5.74) is 0. The summed E-state index contributed by atoms with van der Waals surface area (Å²) in [5, 5.41) is 8.17. The topological polar surface area (TPSA) is 40.5 Å². The van der Waals surface area contributed by atoms with Crippen molar-refractivity contribution in [2.45, 2.75) is 24.9 Å². The fourth-order valence-electron chi connectivity index (χ4n) is 1.49. The second-order valence-electron chi connectivity index (χ2n) is 3.48. The molecule has 0 saturated carbocycles. The zero-order valence-electron chi connectivity index (χ0n) is 7.55. The zero-order chi connectivity index (χ0) is 10.8. The number of alkyl halides is 3. The van der Waals surface area contributed by atoms with E-state index in [1.54, 1.807) is 0 Å². The van der Waals surface area contributed by atoms with Gasteiger partial charge < -0.3 is 5.11 Å². The minimum Gasteiger partial charge on any atom is -0.477 e. The molecule has 0 radical (unpaired) electrons. The van der Waals surface area contributed by atoms with E-state index in [1.807, 2.05) is 0 Å². The van der Waals surface area contributed by atoms with Crippen molar-refractivity contribution in [3.8, 4) is 0 Å². The molecule has 1 N–H and O–H groups in total. The first-order valence-electron chi connectivity index (χ1n) is 4.39. The Hall–Kier alpha value is -0.780. The van der Waals surface area contributed by atoms with Crippen molar-refractivity contribution in [3.05, 3.63) is 0 Å². The molecule has 6 heteroatoms. The Morgan fingerprint density at radius 1 is 1.57 bits per heavy atom. The lowest BCUT2D eigenvalue weighted by Crippen LogP contribution is -2.46. The van der Waals surface area contributed by atoms with Gasteiger partial charge in [-0.05, 0) is 19.4 Å². The van der Waals surface area contributed by atoms with Crippen molar-refractivity contribution >= 4 is 5.97 Å². The molecule has 0 aromatic heterocycles. The molecule has 1 heterocycles. The molecule has 1 unspecified atom stereocenters. The van der Waals surface area contributed by atoms with Gasteiger partial charge in [-0.15, -0.1) is 0 Å². The summed E-state index contributed by atoms with van der Waals surface area (Å²) in [4.78, 5) is 11.3. The number of hydrogen-bond acceptors (Lipinski definition) is 2. The van der Waals surface area contributed by atoms with Crippen LogP contribution in [0, 0.1) is 0 Å². The van der Waals surface area contributed by atoms with E-state index in [9.17, 15) is 18.0 Å². The summed E-state index contributed by atoms with van der Waals surface area (Å²) in [6, 6.07) is 0. The summed E-state index contributed by atoms with van der Waals surface area (Å²) in [6.07, 6.45) is -0.250. The van der Waals surface area contributed by atoms with Gasteiger partial charge in [-0.1, -0.05) is 0 Å². The molecule has 1 aliphatic rings. The fourth-order valence-corrected chi connectivity index (χ4v) is 1.49. The molecule has 1 atom stereocenters. The highest BCUT2D eigenvalue weighted by Crippen LogP contribution is 2.20. The highest BCUT2D eigenvalue weighted by Gasteiger charge is 2.41. The van der Waals surface area contributed by atoms with Crippen molar-refractivity contribution in [2.24, 2.45) is 0 Å². The number of nitrogens with zero attached hydrogens (tertiary/aromatic N) is 1. The quantitative estimate of drug-likeness (QED) is 0.761. The third-order valence-electron chi connectivity index (χ3n) is 2.18. The molecule has 1 saturated heterocycles. The van der Waals surface area contributed by atoms with Crippen molar-refractivity contribution < 1.29 is 23.1 Å². The Morgan fingerprint density at radius 3 is 2.71 bits per heavy atom. The Bertz CT molecular complexity index is 223. The first kappa shape index (κ1) is 11.3. The molecule has 0 bridgehead atoms. The molecule has 14 heavy (non-hydrogen) atoms. The fraction of sp³-hybridized carbons (Fsp3) is 0.875. The number of likely N-dealkylation sites (tertiary alicyclic amines) is 1. The maximum atomic E-state index is 12.8. The van der Waals surface area contributed by atoms with Crippen LogP contribution in [0.2, 0.25) is 0 Å². The molecule has 0 amide bonds. The number of halogens is 3. The first-order valence-corrected chi connectivity index (χ1v) is 4.39. The minimum atomic E-state index is -3.78. The van der Waals surface area contributed by atoms with Crippen LogP contribution in [-0.2, 0) is 4.79 Å². The molecule has 0 spiro atoms. The Labute approximate surface area is 79.5 Å². The van der Waals surface area contributed by atoms with E-state index in [0.29, 0.717) is 19.4 Å². The minimum absolute atomic E-state index is 0.0944. The average molecular weight is 211 g/mol. The van der Waals surface area contributed by atoms with Crippen LogP contribution < -0.4 is 0 Å². The predicted octanol–water partition coefficient (Wildman–Crippen LogP) is 1.14. The standard InChI is InChI=1S/C8H12F3NO2/c9-6-2-1-3-12(4-6)5-8(10,11)7(13)14/h6H,1-5H2,(H,13,14). The van der Waals surface area contributed by atoms with Crippen LogP contribution in [0.25, 0.3) is 0 Å². The van der Waals surface area contributed by atoms with Gasteiger partial charge in [0.1, 0.15) is 6.17 Å². The summed E-state index contributed by atoms with van der Waals surface area (Å²) < 4.78 is 38.2. The van der Waals surface area contributed by atoms with Gasteiger partial charge >= 0.3 is 11.9 Å². The maximum absolute atomic E-state index is 12.8.